The van der Waals surface area contributed by atoms with Crippen LogP contribution in [0.15, 0.2) is 11.0 Å². The van der Waals surface area contributed by atoms with Crippen LogP contribution in [0.5, 0.6) is 0 Å². The van der Waals surface area contributed by atoms with Crippen molar-refractivity contribution in [1.29, 1.82) is 0 Å². The van der Waals surface area contributed by atoms with E-state index in [1.165, 1.54) is 0 Å². The van der Waals surface area contributed by atoms with E-state index in [0.717, 1.165) is 16.4 Å². The zero-order chi connectivity index (χ0) is 17.6. The van der Waals surface area contributed by atoms with E-state index in [4.69, 9.17) is 13.6 Å². The third-order valence-corrected chi connectivity index (χ3v) is 6.84. The Morgan fingerprint density at radius 2 is 1.78 bits per heavy atom. The molecule has 23 heavy (non-hydrogen) atoms. The van der Waals surface area contributed by atoms with Crippen LogP contribution in [0.25, 0.3) is 0 Å². The minimum Gasteiger partial charge on any atom is -0.398 e. The summed E-state index contributed by atoms with van der Waals surface area (Å²) < 4.78 is 14.2. The lowest BCUT2D eigenvalue weighted by Gasteiger charge is -2.18. The van der Waals surface area contributed by atoms with Crippen LogP contribution in [0.2, 0.25) is 0 Å². The van der Waals surface area contributed by atoms with Crippen LogP contribution in [0, 0.1) is 19.7 Å². The van der Waals surface area contributed by atoms with Crippen LogP contribution < -0.4 is 27.1 Å². The molecule has 8 heteroatoms. The fourth-order valence-electron chi connectivity index (χ4n) is 2.34. The molecule has 2 N–H and O–H groups in total. The SMILES string of the molecule is [B]c1c(F)c(S)c(P)c(P)c1C(=O)c1cc(C)c(N)c(P)c1C. The maximum Gasteiger partial charge on any atom is 0.193 e. The van der Waals surface area contributed by atoms with Crippen molar-refractivity contribution in [3.05, 3.63) is 34.1 Å². The Labute approximate surface area is 149 Å². The predicted octanol–water partition coefficient (Wildman–Crippen LogP) is 0.839. The molecule has 0 aliphatic carbocycles. The smallest absolute Gasteiger partial charge is 0.193 e. The lowest BCUT2D eigenvalue weighted by molar-refractivity contribution is 0.104. The first-order valence-corrected chi connectivity index (χ1v) is 8.82. The van der Waals surface area contributed by atoms with Crippen molar-refractivity contribution in [1.82, 2.24) is 0 Å². The number of carbonyl (C=O) groups excluding carboxylic acids is 1. The minimum atomic E-state index is -0.691. The lowest BCUT2D eigenvalue weighted by atomic mass is 9.85. The fraction of sp³-hybridized carbons (Fsp3) is 0.133. The number of hydrogen-bond acceptors (Lipinski definition) is 3. The highest BCUT2D eigenvalue weighted by Crippen LogP contribution is 2.22. The van der Waals surface area contributed by atoms with E-state index in [0.29, 0.717) is 21.9 Å². The molecule has 0 spiro atoms. The topological polar surface area (TPSA) is 43.1 Å². The molecule has 2 rings (SSSR count). The monoisotopic (exact) mass is 381 g/mol. The first-order chi connectivity index (χ1) is 10.6. The Morgan fingerprint density at radius 3 is 2.35 bits per heavy atom. The first kappa shape index (κ1) is 18.9. The summed E-state index contributed by atoms with van der Waals surface area (Å²) in [4.78, 5) is 13.1. The molecule has 0 saturated heterocycles. The van der Waals surface area contributed by atoms with Crippen molar-refractivity contribution in [3.8, 4) is 0 Å². The van der Waals surface area contributed by atoms with Gasteiger partial charge >= 0.3 is 0 Å². The molecule has 0 bridgehead atoms. The predicted molar refractivity (Wildman–Crippen MR) is 111 cm³/mol. The quantitative estimate of drug-likeness (QED) is 0.266. The third kappa shape index (κ3) is 3.10. The van der Waals surface area contributed by atoms with Crippen LogP contribution in [0.1, 0.15) is 27.0 Å². The van der Waals surface area contributed by atoms with Gasteiger partial charge in [0.1, 0.15) is 13.7 Å². The Bertz CT molecular complexity index is 829. The summed E-state index contributed by atoms with van der Waals surface area (Å²) in [7, 11) is 13.2. The van der Waals surface area contributed by atoms with Gasteiger partial charge < -0.3 is 5.73 Å². The van der Waals surface area contributed by atoms with Crippen LogP contribution in [0.4, 0.5) is 10.1 Å². The van der Waals surface area contributed by atoms with E-state index in [2.05, 4.69) is 40.3 Å². The largest absolute Gasteiger partial charge is 0.398 e. The van der Waals surface area contributed by atoms with Gasteiger partial charge in [0.2, 0.25) is 0 Å². The van der Waals surface area contributed by atoms with Crippen molar-refractivity contribution >= 4 is 81.0 Å². The second-order valence-corrected chi connectivity index (χ2v) is 7.48. The normalized spacial score (nSPS) is 10.9. The number of halogens is 1. The minimum absolute atomic E-state index is 0.117. The molecule has 3 unspecified atom stereocenters. The number of thiol groups is 1. The standard InChI is InChI=1S/C15H16BFNOP3S/c1-4-3-6(5(2)12(20)10(4)18)11(19)7-8(16)9(17)15(23)14(22)13(7)21/h3,23H,18,20-22H2,1-2H3. The summed E-state index contributed by atoms with van der Waals surface area (Å²) in [5, 5.41) is 1.77. The molecule has 2 aromatic rings. The van der Waals surface area contributed by atoms with Crippen LogP contribution in [-0.4, -0.2) is 13.6 Å². The molecule has 0 fully saturated rings. The number of nitrogen functional groups attached to an aromatic ring is 1. The van der Waals surface area contributed by atoms with Crippen molar-refractivity contribution in [3.63, 3.8) is 0 Å². The van der Waals surface area contributed by atoms with Crippen LogP contribution in [0.3, 0.4) is 0 Å². The fourth-order valence-corrected chi connectivity index (χ4v) is 3.79. The summed E-state index contributed by atoms with van der Waals surface area (Å²) in [6.45, 7) is 3.62. The number of hydrogen-bond donors (Lipinski definition) is 2. The van der Waals surface area contributed by atoms with Gasteiger partial charge in [-0.05, 0) is 52.4 Å². The average molecular weight is 381 g/mol. The van der Waals surface area contributed by atoms with Crippen LogP contribution in [-0.2, 0) is 0 Å². The molecule has 0 aliphatic rings. The number of ketones is 1. The van der Waals surface area contributed by atoms with E-state index in [9.17, 15) is 9.18 Å². The highest BCUT2D eigenvalue weighted by atomic mass is 32.1. The van der Waals surface area contributed by atoms with E-state index >= 15 is 0 Å². The molecule has 2 nitrogen and oxygen atoms in total. The highest BCUT2D eigenvalue weighted by Gasteiger charge is 2.23. The van der Waals surface area contributed by atoms with Crippen molar-refractivity contribution in [2.24, 2.45) is 0 Å². The van der Waals surface area contributed by atoms with Gasteiger partial charge in [-0.3, -0.25) is 4.79 Å². The van der Waals surface area contributed by atoms with Gasteiger partial charge in [-0.15, -0.1) is 40.3 Å². The molecular formula is C15H16BFNOP3S. The number of aryl methyl sites for hydroxylation is 1. The molecule has 118 valence electrons. The molecular weight excluding hydrogens is 365 g/mol. The number of carbonyl (C=O) groups is 1. The average Bonchev–Trinajstić information content (AvgIpc) is 2.52. The summed E-state index contributed by atoms with van der Waals surface area (Å²) in [5.41, 5.74) is 8.50. The zero-order valence-electron chi connectivity index (χ0n) is 12.7. The molecule has 0 saturated carbocycles. The van der Waals surface area contributed by atoms with Gasteiger partial charge in [-0.25, -0.2) is 4.39 Å². The molecule has 0 aromatic heterocycles. The number of anilines is 1. The van der Waals surface area contributed by atoms with Gasteiger partial charge in [0, 0.05) is 21.7 Å². The van der Waals surface area contributed by atoms with E-state index in [1.54, 1.807) is 13.0 Å². The Balaban J connectivity index is 2.78. The highest BCUT2D eigenvalue weighted by molar-refractivity contribution is 7.81. The van der Waals surface area contributed by atoms with Crippen molar-refractivity contribution < 1.29 is 9.18 Å². The van der Waals surface area contributed by atoms with E-state index < -0.39 is 5.82 Å². The van der Waals surface area contributed by atoms with Crippen LogP contribution >= 0.6 is 40.3 Å². The molecule has 0 heterocycles. The number of benzene rings is 2. The molecule has 0 aliphatic heterocycles. The second kappa shape index (κ2) is 6.81. The molecule has 2 radical (unpaired) electrons. The van der Waals surface area contributed by atoms with Gasteiger partial charge in [-0.1, -0.05) is 0 Å². The Hall–Kier alpha value is -0.455. The van der Waals surface area contributed by atoms with Gasteiger partial charge in [0.05, 0.1) is 0 Å². The molecule has 2 aromatic carbocycles. The van der Waals surface area contributed by atoms with Crippen molar-refractivity contribution in [2.45, 2.75) is 18.7 Å². The lowest BCUT2D eigenvalue weighted by Crippen LogP contribution is -2.35. The summed E-state index contributed by atoms with van der Waals surface area (Å²) in [5.74, 6) is -1.03. The molecule has 3 atom stereocenters. The van der Waals surface area contributed by atoms with E-state index in [-0.39, 0.29) is 21.7 Å². The van der Waals surface area contributed by atoms with Gasteiger partial charge in [-0.2, -0.15) is 0 Å². The van der Waals surface area contributed by atoms with E-state index in [1.807, 2.05) is 6.92 Å². The summed E-state index contributed by atoms with van der Waals surface area (Å²) in [6, 6.07) is 1.71. The summed E-state index contributed by atoms with van der Waals surface area (Å²) in [6.07, 6.45) is 0. The maximum absolute atomic E-state index is 14.2. The molecule has 0 amide bonds. The zero-order valence-corrected chi connectivity index (χ0v) is 17.1. The number of nitrogens with two attached hydrogens (primary N) is 1. The third-order valence-electron chi connectivity index (χ3n) is 3.88. The second-order valence-electron chi connectivity index (χ2n) is 5.30. The van der Waals surface area contributed by atoms with Crippen molar-refractivity contribution in [2.75, 3.05) is 5.73 Å². The first-order valence-electron chi connectivity index (χ1n) is 6.64. The Kier molecular flexibility index (Phi) is 5.59. The number of rotatable bonds is 2. The summed E-state index contributed by atoms with van der Waals surface area (Å²) >= 11 is 4.10. The Morgan fingerprint density at radius 1 is 1.22 bits per heavy atom. The maximum atomic E-state index is 14.2. The van der Waals surface area contributed by atoms with Gasteiger partial charge in [0.25, 0.3) is 0 Å². The van der Waals surface area contributed by atoms with Gasteiger partial charge in [0.15, 0.2) is 5.78 Å².